The zero-order chi connectivity index (χ0) is 13.1. The molecule has 1 aromatic carbocycles. The molecular formula is C14H23ClN2O. The van der Waals surface area contributed by atoms with Gasteiger partial charge in [0.25, 0.3) is 0 Å². The van der Waals surface area contributed by atoms with Gasteiger partial charge in [-0.15, -0.1) is 12.4 Å². The smallest absolute Gasteiger partial charge is 0.236 e. The summed E-state index contributed by atoms with van der Waals surface area (Å²) in [7, 11) is 0. The van der Waals surface area contributed by atoms with E-state index in [1.807, 2.05) is 12.1 Å². The summed E-state index contributed by atoms with van der Waals surface area (Å²) in [6.45, 7) is 8.75. The standard InChI is InChI=1S/C14H22N2O.ClH/c1-10(15)13(17)16-9-11-5-7-12(8-6-11)14(2,3)4;/h5-8,10H,9,15H2,1-4H3,(H,16,17);1H/t10-;/m1./s1. The van der Waals surface area contributed by atoms with Crippen LogP contribution in [0.15, 0.2) is 24.3 Å². The maximum absolute atomic E-state index is 11.3. The van der Waals surface area contributed by atoms with Gasteiger partial charge in [0, 0.05) is 6.54 Å². The van der Waals surface area contributed by atoms with Crippen LogP contribution in [-0.2, 0) is 16.8 Å². The van der Waals surface area contributed by atoms with Crippen LogP contribution in [0.4, 0.5) is 0 Å². The third-order valence-electron chi connectivity index (χ3n) is 2.70. The second-order valence-corrected chi connectivity index (χ2v) is 5.45. The third kappa shape index (κ3) is 5.07. The second-order valence-electron chi connectivity index (χ2n) is 5.45. The molecule has 0 spiro atoms. The number of rotatable bonds is 3. The van der Waals surface area contributed by atoms with Gasteiger partial charge in [0.15, 0.2) is 0 Å². The Kier molecular flexibility index (Phi) is 6.36. The summed E-state index contributed by atoms with van der Waals surface area (Å²) in [4.78, 5) is 11.3. The van der Waals surface area contributed by atoms with Gasteiger partial charge in [-0.3, -0.25) is 4.79 Å². The Bertz CT molecular complexity index is 380. The number of nitrogens with one attached hydrogen (secondary N) is 1. The zero-order valence-electron chi connectivity index (χ0n) is 11.5. The van der Waals surface area contributed by atoms with Gasteiger partial charge in [0.05, 0.1) is 6.04 Å². The summed E-state index contributed by atoms with van der Waals surface area (Å²) in [5.74, 6) is -0.120. The van der Waals surface area contributed by atoms with Crippen molar-refractivity contribution >= 4 is 18.3 Å². The van der Waals surface area contributed by atoms with Gasteiger partial charge in [-0.25, -0.2) is 0 Å². The minimum atomic E-state index is -0.455. The Morgan fingerprint density at radius 2 is 1.78 bits per heavy atom. The van der Waals surface area contributed by atoms with Crippen LogP contribution in [0.25, 0.3) is 0 Å². The SMILES string of the molecule is C[C@@H](N)C(=O)NCc1ccc(C(C)(C)C)cc1.Cl. The highest BCUT2D eigenvalue weighted by Crippen LogP contribution is 2.22. The van der Waals surface area contributed by atoms with Gasteiger partial charge in [0.1, 0.15) is 0 Å². The molecule has 0 unspecified atom stereocenters. The largest absolute Gasteiger partial charge is 0.351 e. The van der Waals surface area contributed by atoms with Crippen LogP contribution >= 0.6 is 12.4 Å². The predicted octanol–water partition coefficient (Wildman–Crippen LogP) is 2.37. The number of nitrogens with two attached hydrogens (primary N) is 1. The average Bonchev–Trinajstić information content (AvgIpc) is 2.25. The molecule has 0 heterocycles. The Morgan fingerprint density at radius 3 is 2.17 bits per heavy atom. The van der Waals surface area contributed by atoms with Crippen molar-refractivity contribution in [1.82, 2.24) is 5.32 Å². The molecule has 4 heteroatoms. The number of amides is 1. The second kappa shape index (κ2) is 6.76. The lowest BCUT2D eigenvalue weighted by atomic mass is 9.87. The summed E-state index contributed by atoms with van der Waals surface area (Å²) >= 11 is 0. The van der Waals surface area contributed by atoms with Crippen molar-refractivity contribution in [3.63, 3.8) is 0 Å². The molecule has 0 fully saturated rings. The lowest BCUT2D eigenvalue weighted by molar-refractivity contribution is -0.122. The lowest BCUT2D eigenvalue weighted by Crippen LogP contribution is -2.37. The molecule has 0 aliphatic carbocycles. The quantitative estimate of drug-likeness (QED) is 0.886. The first-order valence-corrected chi connectivity index (χ1v) is 5.93. The van der Waals surface area contributed by atoms with Crippen molar-refractivity contribution in [2.45, 2.75) is 45.7 Å². The van der Waals surface area contributed by atoms with E-state index < -0.39 is 6.04 Å². The van der Waals surface area contributed by atoms with Crippen LogP contribution in [0.2, 0.25) is 0 Å². The molecular weight excluding hydrogens is 248 g/mol. The maximum Gasteiger partial charge on any atom is 0.236 e. The summed E-state index contributed by atoms with van der Waals surface area (Å²) in [6, 6.07) is 7.84. The van der Waals surface area contributed by atoms with E-state index >= 15 is 0 Å². The van der Waals surface area contributed by atoms with E-state index in [1.165, 1.54) is 5.56 Å². The summed E-state index contributed by atoms with van der Waals surface area (Å²) in [6.07, 6.45) is 0. The first-order chi connectivity index (χ1) is 7.80. The molecule has 0 radical (unpaired) electrons. The summed E-state index contributed by atoms with van der Waals surface area (Å²) < 4.78 is 0. The van der Waals surface area contributed by atoms with Crippen LogP contribution in [0.5, 0.6) is 0 Å². The number of hydrogen-bond acceptors (Lipinski definition) is 2. The molecule has 18 heavy (non-hydrogen) atoms. The highest BCUT2D eigenvalue weighted by molar-refractivity contribution is 5.85. The van der Waals surface area contributed by atoms with Gasteiger partial charge >= 0.3 is 0 Å². The summed E-state index contributed by atoms with van der Waals surface area (Å²) in [5, 5.41) is 2.79. The first-order valence-electron chi connectivity index (χ1n) is 5.93. The van der Waals surface area contributed by atoms with E-state index in [0.717, 1.165) is 5.56 Å². The van der Waals surface area contributed by atoms with Crippen LogP contribution in [0.3, 0.4) is 0 Å². The number of halogens is 1. The molecule has 102 valence electrons. The molecule has 0 saturated heterocycles. The monoisotopic (exact) mass is 270 g/mol. The number of carbonyl (C=O) groups is 1. The van der Waals surface area contributed by atoms with Gasteiger partial charge in [-0.05, 0) is 23.5 Å². The Morgan fingerprint density at radius 1 is 1.28 bits per heavy atom. The highest BCUT2D eigenvalue weighted by Gasteiger charge is 2.13. The molecule has 3 N–H and O–H groups in total. The van der Waals surface area contributed by atoms with Crippen molar-refractivity contribution in [3.8, 4) is 0 Å². The third-order valence-corrected chi connectivity index (χ3v) is 2.70. The molecule has 3 nitrogen and oxygen atoms in total. The minimum Gasteiger partial charge on any atom is -0.351 e. The van der Waals surface area contributed by atoms with Crippen LogP contribution < -0.4 is 11.1 Å². The average molecular weight is 271 g/mol. The molecule has 1 rings (SSSR count). The normalized spacial score (nSPS) is 12.5. The molecule has 1 aromatic rings. The van der Waals surface area contributed by atoms with Crippen molar-refractivity contribution in [2.75, 3.05) is 0 Å². The zero-order valence-corrected chi connectivity index (χ0v) is 12.3. The fourth-order valence-corrected chi connectivity index (χ4v) is 1.47. The molecule has 1 atom stereocenters. The van der Waals surface area contributed by atoms with E-state index in [2.05, 4.69) is 38.2 Å². The van der Waals surface area contributed by atoms with Crippen molar-refractivity contribution in [3.05, 3.63) is 35.4 Å². The Hall–Kier alpha value is -1.06. The van der Waals surface area contributed by atoms with Gasteiger partial charge < -0.3 is 11.1 Å². The fraction of sp³-hybridized carbons (Fsp3) is 0.500. The molecule has 0 aromatic heterocycles. The Labute approximate surface area is 116 Å². The van der Waals surface area contributed by atoms with E-state index in [4.69, 9.17) is 5.73 Å². The van der Waals surface area contributed by atoms with Crippen molar-refractivity contribution in [2.24, 2.45) is 5.73 Å². The van der Waals surface area contributed by atoms with E-state index in [-0.39, 0.29) is 23.7 Å². The fourth-order valence-electron chi connectivity index (χ4n) is 1.47. The lowest BCUT2D eigenvalue weighted by Gasteiger charge is -2.19. The maximum atomic E-state index is 11.3. The van der Waals surface area contributed by atoms with E-state index in [1.54, 1.807) is 6.92 Å². The number of hydrogen-bond donors (Lipinski definition) is 2. The molecule has 0 aliphatic rings. The van der Waals surface area contributed by atoms with Gasteiger partial charge in [-0.2, -0.15) is 0 Å². The molecule has 0 bridgehead atoms. The van der Waals surface area contributed by atoms with Crippen molar-refractivity contribution in [1.29, 1.82) is 0 Å². The van der Waals surface area contributed by atoms with Crippen LogP contribution in [0.1, 0.15) is 38.8 Å². The number of carbonyl (C=O) groups excluding carboxylic acids is 1. The summed E-state index contributed by atoms with van der Waals surface area (Å²) in [5.41, 5.74) is 8.01. The first kappa shape index (κ1) is 16.9. The van der Waals surface area contributed by atoms with Crippen LogP contribution in [0, 0.1) is 0 Å². The topological polar surface area (TPSA) is 55.1 Å². The van der Waals surface area contributed by atoms with Crippen molar-refractivity contribution < 1.29 is 4.79 Å². The predicted molar refractivity (Wildman–Crippen MR) is 77.9 cm³/mol. The van der Waals surface area contributed by atoms with E-state index in [9.17, 15) is 4.79 Å². The van der Waals surface area contributed by atoms with Gasteiger partial charge in [0.2, 0.25) is 5.91 Å². The molecule has 1 amide bonds. The Balaban J connectivity index is 0.00000289. The van der Waals surface area contributed by atoms with Crippen LogP contribution in [-0.4, -0.2) is 11.9 Å². The minimum absolute atomic E-state index is 0. The van der Waals surface area contributed by atoms with Gasteiger partial charge in [-0.1, -0.05) is 45.0 Å². The van der Waals surface area contributed by atoms with E-state index in [0.29, 0.717) is 6.54 Å². The highest BCUT2D eigenvalue weighted by atomic mass is 35.5. The molecule has 0 aliphatic heterocycles. The molecule has 0 saturated carbocycles. The number of benzene rings is 1.